The molecule has 0 radical (unpaired) electrons. The number of nitrogens with zero attached hydrogens (tertiary/aromatic N) is 1. The van der Waals surface area contributed by atoms with Crippen molar-refractivity contribution in [2.24, 2.45) is 0 Å². The number of hydrogen-bond acceptors (Lipinski definition) is 2. The molecular formula is C14H17NO. The third-order valence-corrected chi connectivity index (χ3v) is 2.58. The van der Waals surface area contributed by atoms with E-state index in [1.807, 2.05) is 12.1 Å². The molecule has 0 aliphatic heterocycles. The molecule has 2 nitrogen and oxygen atoms in total. The minimum Gasteiger partial charge on any atom is -0.464 e. The van der Waals surface area contributed by atoms with E-state index in [1.165, 1.54) is 5.56 Å². The van der Waals surface area contributed by atoms with E-state index in [2.05, 4.69) is 43.3 Å². The summed E-state index contributed by atoms with van der Waals surface area (Å²) in [5.41, 5.74) is 2.50. The van der Waals surface area contributed by atoms with Crippen LogP contribution in [0, 0.1) is 0 Å². The zero-order valence-corrected chi connectivity index (χ0v) is 9.81. The van der Waals surface area contributed by atoms with Crippen LogP contribution < -0.4 is 0 Å². The normalized spacial score (nSPS) is 10.9. The molecule has 0 saturated heterocycles. The molecule has 2 heteroatoms. The van der Waals surface area contributed by atoms with Crippen LogP contribution in [-0.2, 0) is 6.42 Å². The van der Waals surface area contributed by atoms with Crippen LogP contribution in [0.15, 0.2) is 47.1 Å². The van der Waals surface area contributed by atoms with E-state index in [-0.39, 0.29) is 0 Å². The van der Waals surface area contributed by atoms with Crippen molar-refractivity contribution >= 4 is 0 Å². The second-order valence-corrected chi connectivity index (χ2v) is 4.23. The van der Waals surface area contributed by atoms with Gasteiger partial charge in [0.15, 0.2) is 0 Å². The maximum Gasteiger partial charge on any atom is 0.133 e. The molecule has 0 aliphatic carbocycles. The number of likely N-dealkylation sites (N-methyl/N-ethyl adjacent to an activating group) is 1. The predicted octanol–water partition coefficient (Wildman–Crippen LogP) is 3.05. The van der Waals surface area contributed by atoms with Gasteiger partial charge >= 0.3 is 0 Å². The first-order valence-electron chi connectivity index (χ1n) is 5.53. The fraction of sp³-hybridized carbons (Fsp3) is 0.286. The Morgan fingerprint density at radius 2 is 2.00 bits per heavy atom. The average Bonchev–Trinajstić information content (AvgIpc) is 2.80. The quantitative estimate of drug-likeness (QED) is 0.779. The van der Waals surface area contributed by atoms with Gasteiger partial charge in [-0.2, -0.15) is 0 Å². The van der Waals surface area contributed by atoms with E-state index in [1.54, 1.807) is 6.26 Å². The molecule has 0 N–H and O–H groups in total. The molecule has 0 atom stereocenters. The number of hydrogen-bond donors (Lipinski definition) is 0. The highest BCUT2D eigenvalue weighted by atomic mass is 16.3. The molecule has 0 amide bonds. The SMILES string of the molecule is CN(C)CCc1cccc(-c2ccco2)c1. The first kappa shape index (κ1) is 11.0. The molecule has 0 bridgehead atoms. The Hall–Kier alpha value is -1.54. The van der Waals surface area contributed by atoms with Gasteiger partial charge in [-0.3, -0.25) is 0 Å². The third-order valence-electron chi connectivity index (χ3n) is 2.58. The zero-order valence-electron chi connectivity index (χ0n) is 9.81. The van der Waals surface area contributed by atoms with Gasteiger partial charge in [-0.1, -0.05) is 18.2 Å². The Morgan fingerprint density at radius 1 is 1.12 bits per heavy atom. The summed E-state index contributed by atoms with van der Waals surface area (Å²) in [5.74, 6) is 0.937. The predicted molar refractivity (Wildman–Crippen MR) is 66.4 cm³/mol. The highest BCUT2D eigenvalue weighted by Crippen LogP contribution is 2.20. The standard InChI is InChI=1S/C14H17NO/c1-15(2)9-8-12-5-3-6-13(11-12)14-7-4-10-16-14/h3-7,10-11H,8-9H2,1-2H3. The van der Waals surface area contributed by atoms with Crippen molar-refractivity contribution < 1.29 is 4.42 Å². The van der Waals surface area contributed by atoms with Crippen LogP contribution in [0.1, 0.15) is 5.56 Å². The largest absolute Gasteiger partial charge is 0.464 e. The van der Waals surface area contributed by atoms with Crippen LogP contribution in [0.2, 0.25) is 0 Å². The van der Waals surface area contributed by atoms with E-state index in [9.17, 15) is 0 Å². The van der Waals surface area contributed by atoms with E-state index >= 15 is 0 Å². The van der Waals surface area contributed by atoms with Gasteiger partial charge in [0.05, 0.1) is 6.26 Å². The lowest BCUT2D eigenvalue weighted by Crippen LogP contribution is -2.14. The molecule has 0 unspecified atom stereocenters. The Labute approximate surface area is 96.5 Å². The minimum atomic E-state index is 0.937. The van der Waals surface area contributed by atoms with Gasteiger partial charge in [-0.25, -0.2) is 0 Å². The smallest absolute Gasteiger partial charge is 0.133 e. The summed E-state index contributed by atoms with van der Waals surface area (Å²) in [5, 5.41) is 0. The fourth-order valence-corrected chi connectivity index (χ4v) is 1.68. The van der Waals surface area contributed by atoms with Gasteiger partial charge in [0, 0.05) is 12.1 Å². The number of rotatable bonds is 4. The second-order valence-electron chi connectivity index (χ2n) is 4.23. The molecule has 84 valence electrons. The zero-order chi connectivity index (χ0) is 11.4. The van der Waals surface area contributed by atoms with E-state index in [0.717, 1.165) is 24.3 Å². The van der Waals surface area contributed by atoms with E-state index in [0.29, 0.717) is 0 Å². The lowest BCUT2D eigenvalue weighted by molar-refractivity contribution is 0.413. The van der Waals surface area contributed by atoms with Gasteiger partial charge < -0.3 is 9.32 Å². The van der Waals surface area contributed by atoms with Gasteiger partial charge in [-0.15, -0.1) is 0 Å². The molecule has 2 aromatic rings. The molecule has 0 spiro atoms. The maximum absolute atomic E-state index is 5.39. The van der Waals surface area contributed by atoms with Gasteiger partial charge in [-0.05, 0) is 44.3 Å². The lowest BCUT2D eigenvalue weighted by atomic mass is 10.1. The molecule has 2 rings (SSSR count). The van der Waals surface area contributed by atoms with Crippen LogP contribution in [-0.4, -0.2) is 25.5 Å². The Balaban J connectivity index is 2.14. The Kier molecular flexibility index (Phi) is 3.42. The molecular weight excluding hydrogens is 198 g/mol. The summed E-state index contributed by atoms with van der Waals surface area (Å²) in [6.07, 6.45) is 2.78. The molecule has 1 heterocycles. The Bertz CT molecular complexity index is 432. The van der Waals surface area contributed by atoms with Crippen LogP contribution in [0.25, 0.3) is 11.3 Å². The number of furan rings is 1. The van der Waals surface area contributed by atoms with Crippen molar-refractivity contribution in [2.75, 3.05) is 20.6 Å². The summed E-state index contributed by atoms with van der Waals surface area (Å²) in [6.45, 7) is 1.07. The summed E-state index contributed by atoms with van der Waals surface area (Å²) in [7, 11) is 4.19. The van der Waals surface area contributed by atoms with Gasteiger partial charge in [0.25, 0.3) is 0 Å². The van der Waals surface area contributed by atoms with Crippen molar-refractivity contribution in [1.29, 1.82) is 0 Å². The molecule has 16 heavy (non-hydrogen) atoms. The fourth-order valence-electron chi connectivity index (χ4n) is 1.68. The summed E-state index contributed by atoms with van der Waals surface area (Å²) < 4.78 is 5.39. The summed E-state index contributed by atoms with van der Waals surface area (Å²) in [4.78, 5) is 2.19. The maximum atomic E-state index is 5.39. The molecule has 1 aromatic heterocycles. The minimum absolute atomic E-state index is 0.937. The topological polar surface area (TPSA) is 16.4 Å². The average molecular weight is 215 g/mol. The van der Waals surface area contributed by atoms with Crippen molar-refractivity contribution in [3.8, 4) is 11.3 Å². The van der Waals surface area contributed by atoms with Crippen LogP contribution in [0.4, 0.5) is 0 Å². The first-order chi connectivity index (χ1) is 7.75. The highest BCUT2D eigenvalue weighted by Gasteiger charge is 2.01. The van der Waals surface area contributed by atoms with Crippen molar-refractivity contribution in [3.05, 3.63) is 48.2 Å². The monoisotopic (exact) mass is 215 g/mol. The first-order valence-corrected chi connectivity index (χ1v) is 5.53. The number of benzene rings is 1. The summed E-state index contributed by atoms with van der Waals surface area (Å²) in [6, 6.07) is 12.4. The van der Waals surface area contributed by atoms with Crippen LogP contribution in [0.5, 0.6) is 0 Å². The molecule has 0 fully saturated rings. The summed E-state index contributed by atoms with van der Waals surface area (Å²) >= 11 is 0. The Morgan fingerprint density at radius 3 is 2.69 bits per heavy atom. The highest BCUT2D eigenvalue weighted by molar-refractivity contribution is 5.58. The molecule has 1 aromatic carbocycles. The third kappa shape index (κ3) is 2.74. The van der Waals surface area contributed by atoms with Crippen LogP contribution in [0.3, 0.4) is 0 Å². The van der Waals surface area contributed by atoms with Gasteiger partial charge in [0.2, 0.25) is 0 Å². The van der Waals surface area contributed by atoms with E-state index in [4.69, 9.17) is 4.42 Å². The second kappa shape index (κ2) is 4.99. The van der Waals surface area contributed by atoms with Crippen molar-refractivity contribution in [3.63, 3.8) is 0 Å². The lowest BCUT2D eigenvalue weighted by Gasteiger charge is -2.09. The molecule has 0 aliphatic rings. The van der Waals surface area contributed by atoms with Crippen molar-refractivity contribution in [2.45, 2.75) is 6.42 Å². The van der Waals surface area contributed by atoms with Crippen LogP contribution >= 0.6 is 0 Å². The molecule has 0 saturated carbocycles. The van der Waals surface area contributed by atoms with Gasteiger partial charge in [0.1, 0.15) is 5.76 Å². The van der Waals surface area contributed by atoms with E-state index < -0.39 is 0 Å². The van der Waals surface area contributed by atoms with Crippen molar-refractivity contribution in [1.82, 2.24) is 4.90 Å².